The third-order valence-electron chi connectivity index (χ3n) is 3.84. The number of rotatable bonds is 6. The quantitative estimate of drug-likeness (QED) is 0.822. The van der Waals surface area contributed by atoms with Crippen LogP contribution in [0.1, 0.15) is 24.8 Å². The topological polar surface area (TPSA) is 75.8 Å². The number of β-amino-alcohol motifs (C(OH)–C–C–N with tert-alkyl or cyclic N) is 1. The highest BCUT2D eigenvalue weighted by molar-refractivity contribution is 5.73. The molecule has 0 unspecified atom stereocenters. The predicted octanol–water partition coefficient (Wildman–Crippen LogP) is 1.08. The van der Waals surface area contributed by atoms with Gasteiger partial charge in [-0.05, 0) is 38.4 Å². The van der Waals surface area contributed by atoms with Crippen LogP contribution in [0.25, 0.3) is 0 Å². The lowest BCUT2D eigenvalue weighted by molar-refractivity contribution is -0.119. The maximum Gasteiger partial charge on any atom is 0.218 e. The minimum atomic E-state index is -0.860. The van der Waals surface area contributed by atoms with E-state index in [1.807, 2.05) is 31.2 Å². The van der Waals surface area contributed by atoms with Gasteiger partial charge in [0.05, 0.1) is 0 Å². The number of hydrogen-bond donors (Lipinski definition) is 2. The van der Waals surface area contributed by atoms with Crippen LogP contribution in [0.5, 0.6) is 5.75 Å². The summed E-state index contributed by atoms with van der Waals surface area (Å²) in [6.45, 7) is 4.30. The van der Waals surface area contributed by atoms with Gasteiger partial charge in [-0.3, -0.25) is 9.69 Å². The van der Waals surface area contributed by atoms with Gasteiger partial charge in [-0.1, -0.05) is 17.7 Å². The highest BCUT2D eigenvalue weighted by atomic mass is 16.5. The Morgan fingerprint density at radius 2 is 2.14 bits per heavy atom. The van der Waals surface area contributed by atoms with E-state index in [-0.39, 0.29) is 12.5 Å². The van der Waals surface area contributed by atoms with Gasteiger partial charge in [0.1, 0.15) is 18.0 Å². The number of piperidine rings is 1. The molecule has 1 aromatic rings. The number of hydrogen-bond acceptors (Lipinski definition) is 4. The second kappa shape index (κ2) is 6.91. The SMILES string of the molecule is Cc1ccc(OC[C@]2(O)CCCN(CCC(N)=O)C2)cc1. The fraction of sp³-hybridized carbons (Fsp3) is 0.562. The first-order chi connectivity index (χ1) is 9.97. The molecule has 1 aromatic carbocycles. The number of aliphatic hydroxyl groups is 1. The molecule has 1 saturated heterocycles. The molecule has 0 radical (unpaired) electrons. The average molecular weight is 292 g/mol. The highest BCUT2D eigenvalue weighted by Gasteiger charge is 2.34. The molecule has 1 atom stereocenters. The number of ether oxygens (including phenoxy) is 1. The van der Waals surface area contributed by atoms with Crippen molar-refractivity contribution in [3.63, 3.8) is 0 Å². The maximum atomic E-state index is 10.8. The van der Waals surface area contributed by atoms with Crippen LogP contribution in [0.4, 0.5) is 0 Å². The van der Waals surface area contributed by atoms with Gasteiger partial charge in [0.2, 0.25) is 5.91 Å². The molecule has 0 aliphatic carbocycles. The van der Waals surface area contributed by atoms with Crippen molar-refractivity contribution in [3.05, 3.63) is 29.8 Å². The third kappa shape index (κ3) is 5.02. The smallest absolute Gasteiger partial charge is 0.218 e. The van der Waals surface area contributed by atoms with Crippen LogP contribution in [-0.2, 0) is 4.79 Å². The molecule has 1 aliphatic rings. The number of amides is 1. The molecule has 21 heavy (non-hydrogen) atoms. The summed E-state index contributed by atoms with van der Waals surface area (Å²) in [5.41, 5.74) is 5.49. The third-order valence-corrected chi connectivity index (χ3v) is 3.84. The van der Waals surface area contributed by atoms with E-state index in [0.717, 1.165) is 18.7 Å². The second-order valence-corrected chi connectivity index (χ2v) is 5.92. The molecule has 3 N–H and O–H groups in total. The van der Waals surface area contributed by atoms with Gasteiger partial charge in [0.25, 0.3) is 0 Å². The second-order valence-electron chi connectivity index (χ2n) is 5.92. The maximum absolute atomic E-state index is 10.8. The first kappa shape index (κ1) is 15.8. The molecule has 1 aliphatic heterocycles. The molecule has 0 spiro atoms. The van der Waals surface area contributed by atoms with Crippen molar-refractivity contribution in [2.24, 2.45) is 5.73 Å². The van der Waals surface area contributed by atoms with Crippen molar-refractivity contribution in [1.29, 1.82) is 0 Å². The Morgan fingerprint density at radius 3 is 2.81 bits per heavy atom. The van der Waals surface area contributed by atoms with Crippen LogP contribution in [0, 0.1) is 6.92 Å². The summed E-state index contributed by atoms with van der Waals surface area (Å²) >= 11 is 0. The summed E-state index contributed by atoms with van der Waals surface area (Å²) < 4.78 is 5.71. The number of carbonyl (C=O) groups excluding carboxylic acids is 1. The van der Waals surface area contributed by atoms with Crippen molar-refractivity contribution in [1.82, 2.24) is 4.90 Å². The summed E-state index contributed by atoms with van der Waals surface area (Å²) in [5.74, 6) is 0.461. The van der Waals surface area contributed by atoms with Crippen LogP contribution in [0.3, 0.4) is 0 Å². The van der Waals surface area contributed by atoms with E-state index in [9.17, 15) is 9.90 Å². The van der Waals surface area contributed by atoms with E-state index in [0.29, 0.717) is 25.9 Å². The summed E-state index contributed by atoms with van der Waals surface area (Å²) in [7, 11) is 0. The van der Waals surface area contributed by atoms with Gasteiger partial charge >= 0.3 is 0 Å². The summed E-state index contributed by atoms with van der Waals surface area (Å²) in [4.78, 5) is 12.9. The first-order valence-electron chi connectivity index (χ1n) is 7.39. The molecule has 0 aromatic heterocycles. The number of nitrogens with zero attached hydrogens (tertiary/aromatic N) is 1. The minimum absolute atomic E-state index is 0.267. The Labute approximate surface area is 125 Å². The largest absolute Gasteiger partial charge is 0.491 e. The Balaban J connectivity index is 1.85. The number of benzene rings is 1. The van der Waals surface area contributed by atoms with Gasteiger partial charge in [0.15, 0.2) is 0 Å². The lowest BCUT2D eigenvalue weighted by atomic mass is 9.93. The van der Waals surface area contributed by atoms with Crippen LogP contribution >= 0.6 is 0 Å². The minimum Gasteiger partial charge on any atom is -0.491 e. The first-order valence-corrected chi connectivity index (χ1v) is 7.39. The van der Waals surface area contributed by atoms with E-state index >= 15 is 0 Å². The van der Waals surface area contributed by atoms with E-state index in [2.05, 4.69) is 4.90 Å². The van der Waals surface area contributed by atoms with Crippen molar-refractivity contribution >= 4 is 5.91 Å². The predicted molar refractivity (Wildman–Crippen MR) is 81.1 cm³/mol. The normalized spacial score (nSPS) is 23.0. The number of aryl methyl sites for hydroxylation is 1. The molecule has 1 amide bonds. The van der Waals surface area contributed by atoms with Crippen molar-refractivity contribution in [2.45, 2.75) is 31.8 Å². The van der Waals surface area contributed by atoms with E-state index in [1.165, 1.54) is 5.56 Å². The molecular weight excluding hydrogens is 268 g/mol. The molecule has 2 rings (SSSR count). The van der Waals surface area contributed by atoms with Crippen LogP contribution < -0.4 is 10.5 Å². The average Bonchev–Trinajstić information content (AvgIpc) is 2.45. The van der Waals surface area contributed by atoms with E-state index < -0.39 is 5.60 Å². The molecular formula is C16H24N2O3. The van der Waals surface area contributed by atoms with Crippen molar-refractivity contribution < 1.29 is 14.6 Å². The Kier molecular flexibility index (Phi) is 5.20. The fourth-order valence-electron chi connectivity index (χ4n) is 2.64. The molecule has 1 fully saturated rings. The van der Waals surface area contributed by atoms with Gasteiger partial charge in [-0.2, -0.15) is 0 Å². The number of carbonyl (C=O) groups is 1. The lowest BCUT2D eigenvalue weighted by Crippen LogP contribution is -2.52. The molecule has 5 nitrogen and oxygen atoms in total. The zero-order valence-electron chi connectivity index (χ0n) is 12.5. The number of likely N-dealkylation sites (tertiary alicyclic amines) is 1. The van der Waals surface area contributed by atoms with Crippen LogP contribution in [0.15, 0.2) is 24.3 Å². The number of primary amides is 1. The molecule has 116 valence electrons. The van der Waals surface area contributed by atoms with Gasteiger partial charge in [0, 0.05) is 19.5 Å². The number of nitrogens with two attached hydrogens (primary N) is 1. The summed E-state index contributed by atoms with van der Waals surface area (Å²) in [5, 5.41) is 10.6. The summed E-state index contributed by atoms with van der Waals surface area (Å²) in [6, 6.07) is 7.79. The lowest BCUT2D eigenvalue weighted by Gasteiger charge is -2.38. The molecule has 1 heterocycles. The molecule has 0 bridgehead atoms. The Bertz CT molecular complexity index is 475. The van der Waals surface area contributed by atoms with Crippen molar-refractivity contribution in [3.8, 4) is 5.75 Å². The highest BCUT2D eigenvalue weighted by Crippen LogP contribution is 2.23. The van der Waals surface area contributed by atoms with Crippen LogP contribution in [-0.4, -0.2) is 47.8 Å². The zero-order chi connectivity index (χ0) is 15.3. The van der Waals surface area contributed by atoms with Gasteiger partial charge in [-0.25, -0.2) is 0 Å². The van der Waals surface area contributed by atoms with Gasteiger partial charge < -0.3 is 15.6 Å². The molecule has 5 heteroatoms. The Hall–Kier alpha value is -1.59. The van der Waals surface area contributed by atoms with Gasteiger partial charge in [-0.15, -0.1) is 0 Å². The van der Waals surface area contributed by atoms with Crippen molar-refractivity contribution in [2.75, 3.05) is 26.2 Å². The molecule has 0 saturated carbocycles. The Morgan fingerprint density at radius 1 is 1.43 bits per heavy atom. The standard InChI is InChI=1S/C16H24N2O3/c1-13-3-5-14(6-4-13)21-12-16(20)8-2-9-18(11-16)10-7-15(17)19/h3-6,20H,2,7-12H2,1H3,(H2,17,19)/t16-/m0/s1. The van der Waals surface area contributed by atoms with E-state index in [4.69, 9.17) is 10.5 Å². The van der Waals surface area contributed by atoms with Crippen LogP contribution in [0.2, 0.25) is 0 Å². The zero-order valence-corrected chi connectivity index (χ0v) is 12.5. The summed E-state index contributed by atoms with van der Waals surface area (Å²) in [6.07, 6.45) is 1.94. The fourth-order valence-corrected chi connectivity index (χ4v) is 2.64. The monoisotopic (exact) mass is 292 g/mol. The van der Waals surface area contributed by atoms with E-state index in [1.54, 1.807) is 0 Å².